The van der Waals surface area contributed by atoms with Crippen LogP contribution < -0.4 is 10.5 Å². The predicted octanol–water partition coefficient (Wildman–Crippen LogP) is 3.16. The van der Waals surface area contributed by atoms with E-state index in [2.05, 4.69) is 12.1 Å². The standard InChI is InChI=1S/C16H22FNO/c17-16(7-1-2-14(18)11-16)8-5-12-3-4-15-13(10-12)6-9-19-15/h3-4,10,14H,1-2,5-9,11,18H2. The highest BCUT2D eigenvalue weighted by Crippen LogP contribution is 2.35. The van der Waals surface area contributed by atoms with Gasteiger partial charge in [0.1, 0.15) is 11.4 Å². The maximum atomic E-state index is 14.7. The maximum absolute atomic E-state index is 14.7. The molecule has 0 bridgehead atoms. The first kappa shape index (κ1) is 12.9. The molecule has 0 aromatic heterocycles. The van der Waals surface area contributed by atoms with E-state index in [9.17, 15) is 4.39 Å². The second-order valence-corrected chi connectivity index (χ2v) is 6.05. The molecule has 2 nitrogen and oxygen atoms in total. The molecule has 3 heteroatoms. The molecule has 19 heavy (non-hydrogen) atoms. The van der Waals surface area contributed by atoms with Gasteiger partial charge in [-0.05, 0) is 55.7 Å². The van der Waals surface area contributed by atoms with E-state index in [0.29, 0.717) is 19.3 Å². The minimum atomic E-state index is -1.05. The lowest BCUT2D eigenvalue weighted by Gasteiger charge is -2.33. The van der Waals surface area contributed by atoms with E-state index >= 15 is 0 Å². The van der Waals surface area contributed by atoms with E-state index in [1.807, 2.05) is 6.07 Å². The van der Waals surface area contributed by atoms with Crippen LogP contribution in [0.4, 0.5) is 4.39 Å². The van der Waals surface area contributed by atoms with Crippen molar-refractivity contribution >= 4 is 0 Å². The van der Waals surface area contributed by atoms with Crippen LogP contribution >= 0.6 is 0 Å². The molecule has 2 aliphatic rings. The molecular formula is C16H22FNO. The van der Waals surface area contributed by atoms with Crippen molar-refractivity contribution in [2.24, 2.45) is 5.73 Å². The summed E-state index contributed by atoms with van der Waals surface area (Å²) in [4.78, 5) is 0. The quantitative estimate of drug-likeness (QED) is 0.909. The lowest BCUT2D eigenvalue weighted by atomic mass is 9.80. The zero-order valence-electron chi connectivity index (χ0n) is 11.3. The predicted molar refractivity (Wildman–Crippen MR) is 74.2 cm³/mol. The van der Waals surface area contributed by atoms with E-state index in [4.69, 9.17) is 10.5 Å². The van der Waals surface area contributed by atoms with E-state index in [0.717, 1.165) is 38.0 Å². The molecule has 0 amide bonds. The van der Waals surface area contributed by atoms with Gasteiger partial charge >= 0.3 is 0 Å². The summed E-state index contributed by atoms with van der Waals surface area (Å²) < 4.78 is 20.2. The average molecular weight is 263 g/mol. The molecule has 1 aliphatic carbocycles. The number of alkyl halides is 1. The second kappa shape index (κ2) is 5.12. The Labute approximate surface area is 114 Å². The summed E-state index contributed by atoms with van der Waals surface area (Å²) >= 11 is 0. The Bertz CT molecular complexity index is 462. The fourth-order valence-corrected chi connectivity index (χ4v) is 3.35. The maximum Gasteiger partial charge on any atom is 0.122 e. The van der Waals surface area contributed by atoms with Crippen LogP contribution in [0.3, 0.4) is 0 Å². The van der Waals surface area contributed by atoms with Crippen LogP contribution in [0.15, 0.2) is 18.2 Å². The number of ether oxygens (including phenoxy) is 1. The van der Waals surface area contributed by atoms with Gasteiger partial charge in [0.25, 0.3) is 0 Å². The molecule has 3 rings (SSSR count). The number of halogens is 1. The number of aryl methyl sites for hydroxylation is 1. The SMILES string of the molecule is NC1CCCC(F)(CCc2ccc3c(c2)CCO3)C1. The zero-order chi connectivity index (χ0) is 13.3. The first-order valence-electron chi connectivity index (χ1n) is 7.34. The molecule has 1 heterocycles. The number of hydrogen-bond donors (Lipinski definition) is 1. The van der Waals surface area contributed by atoms with E-state index in [-0.39, 0.29) is 6.04 Å². The van der Waals surface area contributed by atoms with Gasteiger partial charge in [0.05, 0.1) is 6.61 Å². The highest BCUT2D eigenvalue weighted by molar-refractivity contribution is 5.39. The number of benzene rings is 1. The van der Waals surface area contributed by atoms with Crippen LogP contribution in [0, 0.1) is 0 Å². The van der Waals surface area contributed by atoms with Gasteiger partial charge in [-0.1, -0.05) is 12.1 Å². The third-order valence-corrected chi connectivity index (χ3v) is 4.44. The third-order valence-electron chi connectivity index (χ3n) is 4.44. The molecule has 1 aromatic rings. The van der Waals surface area contributed by atoms with Crippen LogP contribution in [0.1, 0.15) is 43.2 Å². The Morgan fingerprint density at radius 1 is 1.42 bits per heavy atom. The molecule has 1 aromatic carbocycles. The fraction of sp³-hybridized carbons (Fsp3) is 0.625. The smallest absolute Gasteiger partial charge is 0.122 e. The minimum Gasteiger partial charge on any atom is -0.493 e. The number of hydrogen-bond acceptors (Lipinski definition) is 2. The molecule has 2 unspecified atom stereocenters. The number of fused-ring (bicyclic) bond motifs is 1. The molecule has 0 saturated heterocycles. The summed E-state index contributed by atoms with van der Waals surface area (Å²) in [5.74, 6) is 0.999. The Balaban J connectivity index is 1.62. The molecule has 2 N–H and O–H groups in total. The van der Waals surface area contributed by atoms with Gasteiger partial charge in [0.15, 0.2) is 0 Å². The van der Waals surface area contributed by atoms with Gasteiger partial charge < -0.3 is 10.5 Å². The average Bonchev–Trinajstić information content (AvgIpc) is 2.83. The van der Waals surface area contributed by atoms with Gasteiger partial charge in [0, 0.05) is 12.5 Å². The van der Waals surface area contributed by atoms with Crippen molar-refractivity contribution in [3.63, 3.8) is 0 Å². The largest absolute Gasteiger partial charge is 0.493 e. The van der Waals surface area contributed by atoms with Crippen molar-refractivity contribution in [2.45, 2.75) is 56.7 Å². The first-order chi connectivity index (χ1) is 9.15. The van der Waals surface area contributed by atoms with E-state index in [1.165, 1.54) is 11.1 Å². The minimum absolute atomic E-state index is 0.0483. The van der Waals surface area contributed by atoms with Crippen LogP contribution in [0.5, 0.6) is 5.75 Å². The highest BCUT2D eigenvalue weighted by atomic mass is 19.1. The molecule has 0 spiro atoms. The summed E-state index contributed by atoms with van der Waals surface area (Å²) in [5, 5.41) is 0. The lowest BCUT2D eigenvalue weighted by molar-refractivity contribution is 0.0865. The monoisotopic (exact) mass is 263 g/mol. The number of nitrogens with two attached hydrogens (primary N) is 1. The van der Waals surface area contributed by atoms with Gasteiger partial charge in [-0.2, -0.15) is 0 Å². The van der Waals surface area contributed by atoms with Crippen LogP contribution in [-0.4, -0.2) is 18.3 Å². The number of rotatable bonds is 3. The molecule has 1 aliphatic heterocycles. The van der Waals surface area contributed by atoms with E-state index < -0.39 is 5.67 Å². The third kappa shape index (κ3) is 2.92. The van der Waals surface area contributed by atoms with Crippen molar-refractivity contribution in [3.05, 3.63) is 29.3 Å². The summed E-state index contributed by atoms with van der Waals surface area (Å²) in [6.45, 7) is 0.778. The Morgan fingerprint density at radius 3 is 3.16 bits per heavy atom. The second-order valence-electron chi connectivity index (χ2n) is 6.05. The molecular weight excluding hydrogens is 241 g/mol. The first-order valence-corrected chi connectivity index (χ1v) is 7.34. The Hall–Kier alpha value is -1.09. The van der Waals surface area contributed by atoms with Crippen molar-refractivity contribution in [2.75, 3.05) is 6.61 Å². The van der Waals surface area contributed by atoms with Crippen LogP contribution in [0.25, 0.3) is 0 Å². The molecule has 1 saturated carbocycles. The molecule has 2 atom stereocenters. The molecule has 0 radical (unpaired) electrons. The van der Waals surface area contributed by atoms with Crippen molar-refractivity contribution in [1.82, 2.24) is 0 Å². The zero-order valence-corrected chi connectivity index (χ0v) is 11.3. The van der Waals surface area contributed by atoms with Gasteiger partial charge in [-0.15, -0.1) is 0 Å². The highest BCUT2D eigenvalue weighted by Gasteiger charge is 2.34. The van der Waals surface area contributed by atoms with Gasteiger partial charge in [-0.25, -0.2) is 4.39 Å². The normalized spacial score (nSPS) is 29.9. The summed E-state index contributed by atoms with van der Waals surface area (Å²) in [6.07, 6.45) is 5.49. The topological polar surface area (TPSA) is 35.2 Å². The van der Waals surface area contributed by atoms with E-state index in [1.54, 1.807) is 0 Å². The fourth-order valence-electron chi connectivity index (χ4n) is 3.35. The summed E-state index contributed by atoms with van der Waals surface area (Å²) in [7, 11) is 0. The summed E-state index contributed by atoms with van der Waals surface area (Å²) in [5.41, 5.74) is 7.34. The Kier molecular flexibility index (Phi) is 3.48. The van der Waals surface area contributed by atoms with Gasteiger partial charge in [0.2, 0.25) is 0 Å². The van der Waals surface area contributed by atoms with Crippen molar-refractivity contribution in [3.8, 4) is 5.75 Å². The molecule has 1 fully saturated rings. The summed E-state index contributed by atoms with van der Waals surface area (Å²) in [6, 6.07) is 6.31. The molecule has 104 valence electrons. The lowest BCUT2D eigenvalue weighted by Crippen LogP contribution is -2.38. The van der Waals surface area contributed by atoms with Crippen molar-refractivity contribution < 1.29 is 9.13 Å². The van der Waals surface area contributed by atoms with Crippen LogP contribution in [-0.2, 0) is 12.8 Å². The van der Waals surface area contributed by atoms with Crippen LogP contribution in [0.2, 0.25) is 0 Å². The Morgan fingerprint density at radius 2 is 2.32 bits per heavy atom. The van der Waals surface area contributed by atoms with Gasteiger partial charge in [-0.3, -0.25) is 0 Å². The van der Waals surface area contributed by atoms with Crippen molar-refractivity contribution in [1.29, 1.82) is 0 Å².